The van der Waals surface area contributed by atoms with E-state index in [1.165, 1.54) is 12.1 Å². The lowest BCUT2D eigenvalue weighted by molar-refractivity contribution is 0.368. The number of rotatable bonds is 3. The second kappa shape index (κ2) is 5.69. The predicted molar refractivity (Wildman–Crippen MR) is 78.4 cm³/mol. The Hall–Kier alpha value is -1.14. The fourth-order valence-electron chi connectivity index (χ4n) is 2.43. The van der Waals surface area contributed by atoms with Gasteiger partial charge in [-0.2, -0.15) is 0 Å². The number of hydrogen-bond donors (Lipinski definition) is 1. The van der Waals surface area contributed by atoms with Crippen molar-refractivity contribution < 1.29 is 12.8 Å². The molecule has 1 saturated heterocycles. The predicted octanol–water partition coefficient (Wildman–Crippen LogP) is 1.66. The van der Waals surface area contributed by atoms with Gasteiger partial charge >= 0.3 is 0 Å². The van der Waals surface area contributed by atoms with Crippen molar-refractivity contribution in [3.8, 4) is 0 Å². The maximum Gasteiger partial charge on any atom is 0.178 e. The molecule has 0 saturated carbocycles. The molecule has 0 aliphatic carbocycles. The Morgan fingerprint density at radius 1 is 1.40 bits per heavy atom. The first kappa shape index (κ1) is 15.3. The molecular formula is C14H21FN2O2S. The number of hydrogen-bond acceptors (Lipinski definition) is 4. The Bertz CT molecular complexity index is 587. The van der Waals surface area contributed by atoms with Gasteiger partial charge in [-0.1, -0.05) is 13.8 Å². The molecule has 1 fully saturated rings. The van der Waals surface area contributed by atoms with Crippen LogP contribution in [-0.2, 0) is 9.84 Å². The largest absolute Gasteiger partial charge is 0.369 e. The van der Waals surface area contributed by atoms with Crippen LogP contribution in [0.4, 0.5) is 10.1 Å². The molecule has 1 aromatic carbocycles. The van der Waals surface area contributed by atoms with Gasteiger partial charge in [0.25, 0.3) is 0 Å². The topological polar surface area (TPSA) is 49.4 Å². The van der Waals surface area contributed by atoms with Crippen LogP contribution in [-0.4, -0.2) is 40.3 Å². The van der Waals surface area contributed by atoms with Crippen molar-refractivity contribution in [2.24, 2.45) is 5.92 Å². The zero-order chi connectivity index (χ0) is 14.9. The van der Waals surface area contributed by atoms with Crippen LogP contribution in [0.3, 0.4) is 0 Å². The Morgan fingerprint density at radius 3 is 2.70 bits per heavy atom. The first-order valence-electron chi connectivity index (χ1n) is 6.77. The maximum absolute atomic E-state index is 13.6. The number of halogens is 1. The minimum absolute atomic E-state index is 0.227. The highest BCUT2D eigenvalue weighted by molar-refractivity contribution is 7.90. The van der Waals surface area contributed by atoms with Gasteiger partial charge in [0.15, 0.2) is 9.84 Å². The van der Waals surface area contributed by atoms with Gasteiger partial charge in [-0.25, -0.2) is 12.8 Å². The second-order valence-electron chi connectivity index (χ2n) is 5.64. The third-order valence-electron chi connectivity index (χ3n) is 3.69. The third kappa shape index (κ3) is 3.30. The molecule has 1 aliphatic rings. The first-order valence-corrected chi connectivity index (χ1v) is 8.66. The molecular weight excluding hydrogens is 279 g/mol. The fourth-order valence-corrected chi connectivity index (χ4v) is 3.19. The summed E-state index contributed by atoms with van der Waals surface area (Å²) in [5, 5.41) is 3.44. The summed E-state index contributed by atoms with van der Waals surface area (Å²) >= 11 is 0. The SMILES string of the molecule is CC(C)[C@@H]1CN(c2ccc(F)c(S(C)(=O)=O)c2)CCN1. The summed E-state index contributed by atoms with van der Waals surface area (Å²) in [6.45, 7) is 6.72. The van der Waals surface area contributed by atoms with Crippen molar-refractivity contribution in [1.29, 1.82) is 0 Å². The van der Waals surface area contributed by atoms with Crippen molar-refractivity contribution >= 4 is 15.5 Å². The molecule has 1 heterocycles. The summed E-state index contributed by atoms with van der Waals surface area (Å²) < 4.78 is 36.8. The standard InChI is InChI=1S/C14H21FN2O2S/c1-10(2)13-9-17(7-6-16-13)11-4-5-12(15)14(8-11)20(3,18)19/h4-5,8,10,13,16H,6-7,9H2,1-3H3/t13-/m0/s1. The lowest BCUT2D eigenvalue weighted by Crippen LogP contribution is -2.53. The van der Waals surface area contributed by atoms with Gasteiger partial charge in [0.2, 0.25) is 0 Å². The molecule has 0 spiro atoms. The van der Waals surface area contributed by atoms with E-state index in [4.69, 9.17) is 0 Å². The van der Waals surface area contributed by atoms with Crippen LogP contribution in [0.25, 0.3) is 0 Å². The molecule has 1 aromatic rings. The molecule has 0 aromatic heterocycles. The quantitative estimate of drug-likeness (QED) is 0.922. The van der Waals surface area contributed by atoms with Gasteiger partial charge in [-0.15, -0.1) is 0 Å². The normalized spacial score (nSPS) is 20.4. The summed E-state index contributed by atoms with van der Waals surface area (Å²) in [6, 6.07) is 4.67. The molecule has 4 nitrogen and oxygen atoms in total. The Labute approximate surface area is 119 Å². The van der Waals surface area contributed by atoms with E-state index in [9.17, 15) is 12.8 Å². The van der Waals surface area contributed by atoms with Crippen LogP contribution in [0.2, 0.25) is 0 Å². The van der Waals surface area contributed by atoms with E-state index in [1.54, 1.807) is 6.07 Å². The number of nitrogens with one attached hydrogen (secondary N) is 1. The molecule has 20 heavy (non-hydrogen) atoms. The minimum atomic E-state index is -3.54. The summed E-state index contributed by atoms with van der Waals surface area (Å²) in [4.78, 5) is 1.88. The number of sulfone groups is 1. The van der Waals surface area contributed by atoms with E-state index < -0.39 is 15.7 Å². The molecule has 2 rings (SSSR count). The molecule has 0 bridgehead atoms. The van der Waals surface area contributed by atoms with Crippen LogP contribution in [0, 0.1) is 11.7 Å². The van der Waals surface area contributed by atoms with Gasteiger partial charge in [0.05, 0.1) is 0 Å². The first-order chi connectivity index (χ1) is 9.29. The van der Waals surface area contributed by atoms with Crippen LogP contribution < -0.4 is 10.2 Å². The second-order valence-corrected chi connectivity index (χ2v) is 7.62. The molecule has 112 valence electrons. The van der Waals surface area contributed by atoms with E-state index in [0.717, 1.165) is 31.6 Å². The van der Waals surface area contributed by atoms with E-state index in [-0.39, 0.29) is 4.90 Å². The van der Waals surface area contributed by atoms with Crippen molar-refractivity contribution in [1.82, 2.24) is 5.32 Å². The molecule has 0 unspecified atom stereocenters. The number of anilines is 1. The van der Waals surface area contributed by atoms with E-state index >= 15 is 0 Å². The average molecular weight is 300 g/mol. The van der Waals surface area contributed by atoms with E-state index in [2.05, 4.69) is 24.1 Å². The monoisotopic (exact) mass is 300 g/mol. The highest BCUT2D eigenvalue weighted by atomic mass is 32.2. The summed E-state index contributed by atoms with van der Waals surface area (Å²) in [6.07, 6.45) is 1.03. The fraction of sp³-hybridized carbons (Fsp3) is 0.571. The van der Waals surface area contributed by atoms with E-state index in [0.29, 0.717) is 12.0 Å². The van der Waals surface area contributed by atoms with Crippen molar-refractivity contribution in [3.63, 3.8) is 0 Å². The highest BCUT2D eigenvalue weighted by Crippen LogP contribution is 2.24. The molecule has 6 heteroatoms. The van der Waals surface area contributed by atoms with Crippen LogP contribution >= 0.6 is 0 Å². The Kier molecular flexibility index (Phi) is 4.34. The Balaban J connectivity index is 2.29. The van der Waals surface area contributed by atoms with Crippen LogP contribution in [0.15, 0.2) is 23.1 Å². The summed E-state index contributed by atoms with van der Waals surface area (Å²) in [5.41, 5.74) is 0.763. The minimum Gasteiger partial charge on any atom is -0.369 e. The summed E-state index contributed by atoms with van der Waals surface area (Å²) in [5.74, 6) is -0.195. The Morgan fingerprint density at radius 2 is 2.10 bits per heavy atom. The van der Waals surface area contributed by atoms with Crippen molar-refractivity contribution in [3.05, 3.63) is 24.0 Å². The zero-order valence-electron chi connectivity index (χ0n) is 12.1. The zero-order valence-corrected chi connectivity index (χ0v) is 12.9. The third-order valence-corrected chi connectivity index (χ3v) is 4.80. The van der Waals surface area contributed by atoms with Gasteiger partial charge in [0, 0.05) is 37.6 Å². The smallest absolute Gasteiger partial charge is 0.178 e. The number of benzene rings is 1. The lowest BCUT2D eigenvalue weighted by atomic mass is 10.0. The molecule has 0 amide bonds. The van der Waals surface area contributed by atoms with Gasteiger partial charge in [0.1, 0.15) is 10.7 Å². The summed E-state index contributed by atoms with van der Waals surface area (Å²) in [7, 11) is -3.54. The molecule has 0 radical (unpaired) electrons. The van der Waals surface area contributed by atoms with Gasteiger partial charge in [-0.3, -0.25) is 0 Å². The maximum atomic E-state index is 13.6. The average Bonchev–Trinajstić information content (AvgIpc) is 2.38. The molecule has 1 aliphatic heterocycles. The van der Waals surface area contributed by atoms with Crippen molar-refractivity contribution in [2.45, 2.75) is 24.8 Å². The highest BCUT2D eigenvalue weighted by Gasteiger charge is 2.23. The van der Waals surface area contributed by atoms with Crippen LogP contribution in [0.5, 0.6) is 0 Å². The number of piperazine rings is 1. The van der Waals surface area contributed by atoms with Crippen LogP contribution in [0.1, 0.15) is 13.8 Å². The van der Waals surface area contributed by atoms with Gasteiger partial charge in [-0.05, 0) is 24.1 Å². The van der Waals surface area contributed by atoms with Gasteiger partial charge < -0.3 is 10.2 Å². The molecule has 1 N–H and O–H groups in total. The lowest BCUT2D eigenvalue weighted by Gasteiger charge is -2.37. The molecule has 1 atom stereocenters. The number of nitrogens with zero attached hydrogens (tertiary/aromatic N) is 1. The van der Waals surface area contributed by atoms with E-state index in [1.807, 2.05) is 0 Å². The van der Waals surface area contributed by atoms with Crippen molar-refractivity contribution in [2.75, 3.05) is 30.8 Å².